The Morgan fingerprint density at radius 1 is 1.00 bits per heavy atom. The maximum Gasteiger partial charge on any atom is 0.257 e. The summed E-state index contributed by atoms with van der Waals surface area (Å²) >= 11 is 0. The molecule has 0 aliphatic carbocycles. The van der Waals surface area contributed by atoms with Crippen LogP contribution < -0.4 is 9.47 Å². The SMILES string of the molecule is CCC1CN([C@H](COc2ccc(C3Oc4ccc(O)cc4C(C)=C3c3cccc(O)c3)cc2)C(F)F)C1. The first-order valence-corrected chi connectivity index (χ1v) is 12.6. The number of nitrogens with zero attached hydrogens (tertiary/aromatic N) is 1. The van der Waals surface area contributed by atoms with Crippen molar-refractivity contribution in [2.24, 2.45) is 5.92 Å². The number of phenols is 2. The zero-order chi connectivity index (χ0) is 26.1. The molecule has 37 heavy (non-hydrogen) atoms. The van der Waals surface area contributed by atoms with Crippen LogP contribution in [-0.4, -0.2) is 47.3 Å². The largest absolute Gasteiger partial charge is 0.508 e. The Morgan fingerprint density at radius 2 is 1.73 bits per heavy atom. The molecule has 5 nitrogen and oxygen atoms in total. The van der Waals surface area contributed by atoms with E-state index in [-0.39, 0.29) is 18.1 Å². The highest BCUT2D eigenvalue weighted by Gasteiger charge is 2.36. The van der Waals surface area contributed by atoms with E-state index in [1.807, 2.05) is 25.1 Å². The summed E-state index contributed by atoms with van der Waals surface area (Å²) in [5.41, 5.74) is 4.22. The molecule has 0 bridgehead atoms. The highest BCUT2D eigenvalue weighted by Crippen LogP contribution is 2.47. The number of likely N-dealkylation sites (tertiary alicyclic amines) is 1. The number of ether oxygens (including phenoxy) is 2. The van der Waals surface area contributed by atoms with E-state index in [9.17, 15) is 19.0 Å². The van der Waals surface area contributed by atoms with Gasteiger partial charge in [-0.1, -0.05) is 37.6 Å². The molecule has 1 unspecified atom stereocenters. The second-order valence-electron chi connectivity index (χ2n) is 9.78. The first kappa shape index (κ1) is 25.1. The summed E-state index contributed by atoms with van der Waals surface area (Å²) in [4.78, 5) is 1.80. The van der Waals surface area contributed by atoms with Crippen molar-refractivity contribution in [3.63, 3.8) is 0 Å². The first-order chi connectivity index (χ1) is 17.8. The van der Waals surface area contributed by atoms with Gasteiger partial charge in [0.25, 0.3) is 6.43 Å². The molecule has 2 heterocycles. The number of hydrogen-bond donors (Lipinski definition) is 2. The number of hydrogen-bond acceptors (Lipinski definition) is 5. The number of phenolic OH excluding ortho intramolecular Hbond substituents is 2. The second-order valence-corrected chi connectivity index (χ2v) is 9.78. The molecule has 2 atom stereocenters. The summed E-state index contributed by atoms with van der Waals surface area (Å²) in [6, 6.07) is 18.3. The lowest BCUT2D eigenvalue weighted by molar-refractivity contribution is -0.0505. The van der Waals surface area contributed by atoms with E-state index in [2.05, 4.69) is 6.92 Å². The van der Waals surface area contributed by atoms with Crippen molar-refractivity contribution in [2.75, 3.05) is 19.7 Å². The monoisotopic (exact) mass is 507 g/mol. The minimum absolute atomic E-state index is 0.0716. The molecule has 2 aliphatic rings. The lowest BCUT2D eigenvalue weighted by Gasteiger charge is -2.43. The molecule has 0 saturated carbocycles. The Morgan fingerprint density at radius 3 is 2.41 bits per heavy atom. The third-order valence-electron chi connectivity index (χ3n) is 7.36. The Kier molecular flexibility index (Phi) is 7.07. The molecule has 0 aromatic heterocycles. The third kappa shape index (κ3) is 5.14. The molecule has 0 spiro atoms. The van der Waals surface area contributed by atoms with Gasteiger partial charge in [0.05, 0.1) is 0 Å². The molecule has 0 radical (unpaired) electrons. The molecular weight excluding hydrogens is 476 g/mol. The van der Waals surface area contributed by atoms with E-state index in [1.165, 1.54) is 0 Å². The smallest absolute Gasteiger partial charge is 0.257 e. The summed E-state index contributed by atoms with van der Waals surface area (Å²) in [6.07, 6.45) is -1.94. The number of alkyl halides is 2. The highest BCUT2D eigenvalue weighted by atomic mass is 19.3. The molecule has 3 aromatic carbocycles. The van der Waals surface area contributed by atoms with Gasteiger partial charge in [-0.3, -0.25) is 4.90 Å². The predicted molar refractivity (Wildman–Crippen MR) is 139 cm³/mol. The van der Waals surface area contributed by atoms with Gasteiger partial charge in [0.15, 0.2) is 0 Å². The summed E-state index contributed by atoms with van der Waals surface area (Å²) in [5, 5.41) is 20.2. The maximum atomic E-state index is 13.7. The van der Waals surface area contributed by atoms with Crippen molar-refractivity contribution in [1.82, 2.24) is 4.90 Å². The predicted octanol–water partition coefficient (Wildman–Crippen LogP) is 6.52. The third-order valence-corrected chi connectivity index (χ3v) is 7.36. The van der Waals surface area contributed by atoms with Crippen LogP contribution in [0.25, 0.3) is 11.1 Å². The van der Waals surface area contributed by atoms with Crippen molar-refractivity contribution in [2.45, 2.75) is 38.8 Å². The lowest BCUT2D eigenvalue weighted by Crippen LogP contribution is -2.56. The molecule has 1 fully saturated rings. The Hall–Kier alpha value is -3.58. The van der Waals surface area contributed by atoms with E-state index in [0.717, 1.165) is 34.3 Å². The number of fused-ring (bicyclic) bond motifs is 1. The maximum absolute atomic E-state index is 13.7. The van der Waals surface area contributed by atoms with Gasteiger partial charge in [-0.15, -0.1) is 0 Å². The van der Waals surface area contributed by atoms with Gasteiger partial charge in [0.2, 0.25) is 0 Å². The van der Waals surface area contributed by atoms with Crippen LogP contribution in [-0.2, 0) is 0 Å². The molecule has 2 aliphatic heterocycles. The standard InChI is InChI=1S/C30H31F2NO4/c1-3-19-15-33(16-19)26(30(31)32)17-36-24-10-7-20(8-11-24)29-28(21-5-4-6-22(34)13-21)18(2)25-14-23(35)9-12-27(25)37-29/h4-14,19,26,29-30,34-35H,3,15-17H2,1-2H3/t26-,29?/m1/s1. The van der Waals surface area contributed by atoms with E-state index >= 15 is 0 Å². The topological polar surface area (TPSA) is 62.2 Å². The zero-order valence-electron chi connectivity index (χ0n) is 20.9. The van der Waals surface area contributed by atoms with E-state index in [4.69, 9.17) is 9.47 Å². The van der Waals surface area contributed by atoms with Gasteiger partial charge in [-0.05, 0) is 72.0 Å². The number of rotatable bonds is 8. The Labute approximate surface area is 215 Å². The van der Waals surface area contributed by atoms with Crippen LogP contribution in [0.15, 0.2) is 66.7 Å². The molecule has 1 saturated heterocycles. The molecule has 7 heteroatoms. The van der Waals surface area contributed by atoms with Gasteiger partial charge in [0, 0.05) is 24.2 Å². The van der Waals surface area contributed by atoms with Crippen LogP contribution >= 0.6 is 0 Å². The quantitative estimate of drug-likeness (QED) is 0.364. The molecular formula is C30H31F2NO4. The first-order valence-electron chi connectivity index (χ1n) is 12.6. The fourth-order valence-corrected chi connectivity index (χ4v) is 5.11. The fourth-order valence-electron chi connectivity index (χ4n) is 5.11. The fraction of sp³-hybridized carbons (Fsp3) is 0.333. The Bertz CT molecular complexity index is 1280. The average molecular weight is 508 g/mol. The Balaban J connectivity index is 1.39. The van der Waals surface area contributed by atoms with Crippen LogP contribution in [0.5, 0.6) is 23.0 Å². The van der Waals surface area contributed by atoms with Gasteiger partial charge in [-0.2, -0.15) is 0 Å². The molecule has 5 rings (SSSR count). The van der Waals surface area contributed by atoms with E-state index in [1.54, 1.807) is 53.4 Å². The zero-order valence-corrected chi connectivity index (χ0v) is 20.9. The van der Waals surface area contributed by atoms with Crippen molar-refractivity contribution in [3.05, 3.63) is 83.4 Å². The van der Waals surface area contributed by atoms with E-state index < -0.39 is 18.6 Å². The van der Waals surface area contributed by atoms with Crippen LogP contribution in [0.3, 0.4) is 0 Å². The van der Waals surface area contributed by atoms with Gasteiger partial charge < -0.3 is 19.7 Å². The normalized spacial score (nSPS) is 18.8. The number of halogens is 2. The molecule has 2 N–H and O–H groups in total. The minimum Gasteiger partial charge on any atom is -0.508 e. The van der Waals surface area contributed by atoms with Crippen LogP contribution in [0, 0.1) is 5.92 Å². The number of benzene rings is 3. The molecule has 0 amide bonds. The van der Waals surface area contributed by atoms with Crippen molar-refractivity contribution >= 4 is 11.1 Å². The summed E-state index contributed by atoms with van der Waals surface area (Å²) in [6.45, 7) is 5.36. The van der Waals surface area contributed by atoms with Crippen LogP contribution in [0.2, 0.25) is 0 Å². The van der Waals surface area contributed by atoms with Crippen molar-refractivity contribution in [3.8, 4) is 23.0 Å². The lowest BCUT2D eigenvalue weighted by atomic mass is 9.86. The summed E-state index contributed by atoms with van der Waals surface area (Å²) in [7, 11) is 0. The minimum atomic E-state index is -2.47. The van der Waals surface area contributed by atoms with Gasteiger partial charge >= 0.3 is 0 Å². The molecule has 194 valence electrons. The van der Waals surface area contributed by atoms with Crippen molar-refractivity contribution in [1.29, 1.82) is 0 Å². The van der Waals surface area contributed by atoms with Crippen molar-refractivity contribution < 1.29 is 28.5 Å². The van der Waals surface area contributed by atoms with Gasteiger partial charge in [0.1, 0.15) is 41.8 Å². The molecule has 3 aromatic rings. The number of aromatic hydroxyl groups is 2. The number of allylic oxidation sites excluding steroid dienone is 1. The summed E-state index contributed by atoms with van der Waals surface area (Å²) in [5.74, 6) is 1.93. The highest BCUT2D eigenvalue weighted by molar-refractivity contribution is 5.95. The second kappa shape index (κ2) is 10.4. The van der Waals surface area contributed by atoms with Crippen LogP contribution in [0.4, 0.5) is 8.78 Å². The van der Waals surface area contributed by atoms with Crippen LogP contribution in [0.1, 0.15) is 43.1 Å². The van der Waals surface area contributed by atoms with E-state index in [0.29, 0.717) is 30.5 Å². The summed E-state index contributed by atoms with van der Waals surface area (Å²) < 4.78 is 39.5. The van der Waals surface area contributed by atoms with Gasteiger partial charge in [-0.25, -0.2) is 8.78 Å². The average Bonchev–Trinajstić information content (AvgIpc) is 2.85.